The third-order valence-electron chi connectivity index (χ3n) is 4.13. The molecule has 0 unspecified atom stereocenters. The Morgan fingerprint density at radius 1 is 1.13 bits per heavy atom. The van der Waals surface area contributed by atoms with Gasteiger partial charge in [-0.1, -0.05) is 41.0 Å². The number of hydrogen-bond acceptors (Lipinski definition) is 5. The Morgan fingerprint density at radius 3 is 2.67 bits per heavy atom. The van der Waals surface area contributed by atoms with Crippen LogP contribution in [0.25, 0.3) is 11.4 Å². The summed E-state index contributed by atoms with van der Waals surface area (Å²) in [5.74, 6) is 0.802. The number of nitrogens with one attached hydrogen (secondary N) is 1. The number of rotatable bonds is 10. The standard InChI is InChI=1S/C21H22Cl2N4O2S/c1-2-29-12-4-11-27-20(15-7-9-16(22)10-8-15)25-26-21(27)30-14-19(28)24-18-6-3-5-17(23)13-18/h3,5-10,13H,2,4,11-12,14H2,1H3,(H,24,28). The first kappa shape index (κ1) is 22.6. The largest absolute Gasteiger partial charge is 0.382 e. The molecule has 3 rings (SSSR count). The highest BCUT2D eigenvalue weighted by molar-refractivity contribution is 7.99. The zero-order chi connectivity index (χ0) is 21.3. The highest BCUT2D eigenvalue weighted by Gasteiger charge is 2.16. The zero-order valence-corrected chi connectivity index (χ0v) is 18.8. The lowest BCUT2D eigenvalue weighted by Gasteiger charge is -2.11. The maximum absolute atomic E-state index is 12.4. The number of nitrogens with zero attached hydrogens (tertiary/aromatic N) is 3. The Balaban J connectivity index is 1.70. The first-order valence-electron chi connectivity index (χ1n) is 9.52. The predicted molar refractivity (Wildman–Crippen MR) is 122 cm³/mol. The molecule has 0 radical (unpaired) electrons. The van der Waals surface area contributed by atoms with Crippen LogP contribution in [0.5, 0.6) is 0 Å². The van der Waals surface area contributed by atoms with Crippen molar-refractivity contribution in [2.75, 3.05) is 24.3 Å². The van der Waals surface area contributed by atoms with Crippen molar-refractivity contribution in [2.45, 2.75) is 25.0 Å². The monoisotopic (exact) mass is 464 g/mol. The number of benzene rings is 2. The molecule has 9 heteroatoms. The van der Waals surface area contributed by atoms with Crippen molar-refractivity contribution in [1.82, 2.24) is 14.8 Å². The number of amides is 1. The van der Waals surface area contributed by atoms with Crippen LogP contribution in [0.1, 0.15) is 13.3 Å². The van der Waals surface area contributed by atoms with Gasteiger partial charge in [-0.2, -0.15) is 0 Å². The van der Waals surface area contributed by atoms with Gasteiger partial charge >= 0.3 is 0 Å². The van der Waals surface area contributed by atoms with Gasteiger partial charge in [0.15, 0.2) is 11.0 Å². The van der Waals surface area contributed by atoms with Crippen molar-refractivity contribution in [3.05, 3.63) is 58.6 Å². The summed E-state index contributed by atoms with van der Waals surface area (Å²) >= 11 is 13.3. The second-order valence-corrected chi connectivity index (χ2v) is 8.18. The van der Waals surface area contributed by atoms with Crippen molar-refractivity contribution in [3.8, 4) is 11.4 Å². The van der Waals surface area contributed by atoms with Gasteiger partial charge in [0.05, 0.1) is 5.75 Å². The smallest absolute Gasteiger partial charge is 0.234 e. The second kappa shape index (κ2) is 11.4. The van der Waals surface area contributed by atoms with Crippen molar-refractivity contribution in [1.29, 1.82) is 0 Å². The Hall–Kier alpha value is -2.06. The molecule has 0 aliphatic heterocycles. The fraction of sp³-hybridized carbons (Fsp3) is 0.286. The summed E-state index contributed by atoms with van der Waals surface area (Å²) < 4.78 is 7.47. The van der Waals surface area contributed by atoms with Crippen molar-refractivity contribution in [2.24, 2.45) is 0 Å². The molecule has 30 heavy (non-hydrogen) atoms. The van der Waals surface area contributed by atoms with Crippen LogP contribution in [-0.2, 0) is 16.1 Å². The lowest BCUT2D eigenvalue weighted by molar-refractivity contribution is -0.113. The van der Waals surface area contributed by atoms with E-state index in [1.807, 2.05) is 35.8 Å². The van der Waals surface area contributed by atoms with Gasteiger partial charge < -0.3 is 14.6 Å². The van der Waals surface area contributed by atoms with Gasteiger partial charge in [-0.05, 0) is 55.8 Å². The molecule has 0 aliphatic carbocycles. The van der Waals surface area contributed by atoms with Crippen LogP contribution >= 0.6 is 35.0 Å². The number of carbonyl (C=O) groups excluding carboxylic acids is 1. The molecule has 0 fully saturated rings. The van der Waals surface area contributed by atoms with E-state index >= 15 is 0 Å². The van der Waals surface area contributed by atoms with Crippen molar-refractivity contribution >= 4 is 46.6 Å². The van der Waals surface area contributed by atoms with E-state index in [4.69, 9.17) is 27.9 Å². The Bertz CT molecular complexity index is 979. The molecule has 0 spiro atoms. The first-order valence-corrected chi connectivity index (χ1v) is 11.3. The molecular weight excluding hydrogens is 443 g/mol. The number of aromatic nitrogens is 3. The molecule has 0 bridgehead atoms. The minimum atomic E-state index is -0.140. The molecule has 3 aromatic rings. The Kier molecular flexibility index (Phi) is 8.57. The summed E-state index contributed by atoms with van der Waals surface area (Å²) in [4.78, 5) is 12.4. The van der Waals surface area contributed by atoms with Crippen LogP contribution in [0.4, 0.5) is 5.69 Å². The fourth-order valence-corrected chi connectivity index (χ4v) is 3.85. The van der Waals surface area contributed by atoms with E-state index in [0.29, 0.717) is 40.6 Å². The van der Waals surface area contributed by atoms with Crippen LogP contribution in [0, 0.1) is 0 Å². The third kappa shape index (κ3) is 6.47. The van der Waals surface area contributed by atoms with Gasteiger partial charge in [0.25, 0.3) is 0 Å². The van der Waals surface area contributed by atoms with Crippen LogP contribution < -0.4 is 5.32 Å². The summed E-state index contributed by atoms with van der Waals surface area (Å²) in [5, 5.41) is 13.4. The summed E-state index contributed by atoms with van der Waals surface area (Å²) in [7, 11) is 0. The molecule has 1 heterocycles. The van der Waals surface area contributed by atoms with Crippen LogP contribution in [0.15, 0.2) is 53.7 Å². The van der Waals surface area contributed by atoms with E-state index < -0.39 is 0 Å². The maximum atomic E-state index is 12.4. The normalized spacial score (nSPS) is 10.9. The van der Waals surface area contributed by atoms with Gasteiger partial charge in [-0.25, -0.2) is 0 Å². The number of anilines is 1. The molecule has 1 amide bonds. The zero-order valence-electron chi connectivity index (χ0n) is 16.5. The summed E-state index contributed by atoms with van der Waals surface area (Å²) in [5.41, 5.74) is 1.58. The SMILES string of the molecule is CCOCCCn1c(SCC(=O)Nc2cccc(Cl)c2)nnc1-c1ccc(Cl)cc1. The number of ether oxygens (including phenoxy) is 1. The molecule has 0 atom stereocenters. The lowest BCUT2D eigenvalue weighted by atomic mass is 10.2. The topological polar surface area (TPSA) is 69.0 Å². The molecule has 1 aromatic heterocycles. The summed E-state index contributed by atoms with van der Waals surface area (Å²) in [6, 6.07) is 14.5. The summed E-state index contributed by atoms with van der Waals surface area (Å²) in [6.07, 6.45) is 0.814. The number of hydrogen-bond donors (Lipinski definition) is 1. The molecule has 0 saturated carbocycles. The molecule has 158 valence electrons. The summed E-state index contributed by atoms with van der Waals surface area (Å²) in [6.45, 7) is 3.98. The van der Waals surface area contributed by atoms with E-state index in [2.05, 4.69) is 15.5 Å². The molecular formula is C21H22Cl2N4O2S. The highest BCUT2D eigenvalue weighted by atomic mass is 35.5. The third-order valence-corrected chi connectivity index (χ3v) is 5.59. The molecule has 2 aromatic carbocycles. The quantitative estimate of drug-likeness (QED) is 0.320. The lowest BCUT2D eigenvalue weighted by Crippen LogP contribution is -2.15. The Morgan fingerprint density at radius 2 is 1.93 bits per heavy atom. The molecule has 0 saturated heterocycles. The number of thioether (sulfide) groups is 1. The van der Waals surface area contributed by atoms with Crippen molar-refractivity contribution in [3.63, 3.8) is 0 Å². The second-order valence-electron chi connectivity index (χ2n) is 6.36. The first-order chi connectivity index (χ1) is 14.6. The van der Waals surface area contributed by atoms with E-state index in [-0.39, 0.29) is 11.7 Å². The minimum absolute atomic E-state index is 0.140. The van der Waals surface area contributed by atoms with E-state index in [1.54, 1.807) is 24.3 Å². The van der Waals surface area contributed by atoms with Gasteiger partial charge in [0, 0.05) is 41.1 Å². The van der Waals surface area contributed by atoms with E-state index in [1.165, 1.54) is 11.8 Å². The van der Waals surface area contributed by atoms with Gasteiger partial charge in [0.1, 0.15) is 0 Å². The van der Waals surface area contributed by atoms with Crippen LogP contribution in [0.3, 0.4) is 0 Å². The average Bonchev–Trinajstić information content (AvgIpc) is 3.13. The Labute approximate surface area is 189 Å². The van der Waals surface area contributed by atoms with Gasteiger partial charge in [0.2, 0.25) is 5.91 Å². The molecule has 1 N–H and O–H groups in total. The average molecular weight is 465 g/mol. The van der Waals surface area contributed by atoms with Crippen molar-refractivity contribution < 1.29 is 9.53 Å². The predicted octanol–water partition coefficient (Wildman–Crippen LogP) is 5.41. The molecule has 6 nitrogen and oxygen atoms in total. The van der Waals surface area contributed by atoms with E-state index in [0.717, 1.165) is 17.8 Å². The fourth-order valence-electron chi connectivity index (χ4n) is 2.77. The molecule has 0 aliphatic rings. The number of halogens is 2. The van der Waals surface area contributed by atoms with Crippen LogP contribution in [0.2, 0.25) is 10.0 Å². The van der Waals surface area contributed by atoms with E-state index in [9.17, 15) is 4.79 Å². The highest BCUT2D eigenvalue weighted by Crippen LogP contribution is 2.26. The maximum Gasteiger partial charge on any atom is 0.234 e. The van der Waals surface area contributed by atoms with Gasteiger partial charge in [-0.15, -0.1) is 10.2 Å². The minimum Gasteiger partial charge on any atom is -0.382 e. The number of carbonyl (C=O) groups is 1. The van der Waals surface area contributed by atoms with Gasteiger partial charge in [-0.3, -0.25) is 4.79 Å². The van der Waals surface area contributed by atoms with Crippen LogP contribution in [-0.4, -0.2) is 39.6 Å².